The van der Waals surface area contributed by atoms with Gasteiger partial charge in [0.05, 0.1) is 5.69 Å². The topological polar surface area (TPSA) is 76.9 Å². The molecule has 0 saturated heterocycles. The Labute approximate surface area is 149 Å². The second-order valence-corrected chi connectivity index (χ2v) is 5.87. The van der Waals surface area contributed by atoms with Gasteiger partial charge in [-0.15, -0.1) is 0 Å². The van der Waals surface area contributed by atoms with Crippen molar-refractivity contribution in [3.63, 3.8) is 0 Å². The Kier molecular flexibility index (Phi) is 4.88. The smallest absolute Gasteiger partial charge is 0.267 e. The molecule has 0 bridgehead atoms. The molecule has 1 aromatic carbocycles. The van der Waals surface area contributed by atoms with Crippen molar-refractivity contribution in [1.29, 1.82) is 0 Å². The van der Waals surface area contributed by atoms with Crippen LogP contribution < -0.4 is 10.9 Å². The number of nitrogens with zero attached hydrogens (tertiary/aromatic N) is 3. The second-order valence-electron chi connectivity index (χ2n) is 5.87. The van der Waals surface area contributed by atoms with Crippen molar-refractivity contribution in [2.45, 2.75) is 19.9 Å². The molecule has 3 aromatic rings. The number of nitrogens with one attached hydrogen (secondary N) is 1. The zero-order chi connectivity index (χ0) is 18.7. The van der Waals surface area contributed by atoms with Gasteiger partial charge in [0.15, 0.2) is 0 Å². The number of carbonyl (C=O) groups excluding carboxylic acids is 1. The number of aryl methyl sites for hydroxylation is 1. The van der Waals surface area contributed by atoms with Gasteiger partial charge in [-0.2, -0.15) is 5.10 Å². The van der Waals surface area contributed by atoms with E-state index in [9.17, 15) is 14.0 Å². The van der Waals surface area contributed by atoms with Crippen molar-refractivity contribution in [2.75, 3.05) is 5.32 Å². The largest absolute Gasteiger partial charge is 0.324 e. The lowest BCUT2D eigenvalue weighted by Gasteiger charge is -2.15. The number of rotatable bonds is 4. The summed E-state index contributed by atoms with van der Waals surface area (Å²) in [6.45, 7) is 3.20. The molecule has 7 heteroatoms. The van der Waals surface area contributed by atoms with Crippen LogP contribution in [0.4, 0.5) is 10.1 Å². The molecule has 0 radical (unpaired) electrons. The molecule has 1 amide bonds. The highest BCUT2D eigenvalue weighted by molar-refractivity contribution is 5.93. The highest BCUT2D eigenvalue weighted by Gasteiger charge is 2.18. The molecule has 1 unspecified atom stereocenters. The lowest BCUT2D eigenvalue weighted by atomic mass is 10.2. The summed E-state index contributed by atoms with van der Waals surface area (Å²) in [4.78, 5) is 28.6. The summed E-state index contributed by atoms with van der Waals surface area (Å²) in [5.74, 6) is -0.875. The van der Waals surface area contributed by atoms with Crippen molar-refractivity contribution >= 4 is 11.6 Å². The van der Waals surface area contributed by atoms with Gasteiger partial charge in [0, 0.05) is 29.7 Å². The molecular weight excluding hydrogens is 335 g/mol. The van der Waals surface area contributed by atoms with E-state index in [1.807, 2.05) is 0 Å². The van der Waals surface area contributed by atoms with Crippen molar-refractivity contribution < 1.29 is 9.18 Å². The van der Waals surface area contributed by atoms with Gasteiger partial charge >= 0.3 is 0 Å². The van der Waals surface area contributed by atoms with E-state index in [2.05, 4.69) is 15.4 Å². The summed E-state index contributed by atoms with van der Waals surface area (Å²) < 4.78 is 14.7. The Morgan fingerprint density at radius 3 is 2.58 bits per heavy atom. The zero-order valence-electron chi connectivity index (χ0n) is 14.3. The van der Waals surface area contributed by atoms with Gasteiger partial charge in [-0.25, -0.2) is 9.07 Å². The van der Waals surface area contributed by atoms with Gasteiger partial charge in [0.25, 0.3) is 5.56 Å². The van der Waals surface area contributed by atoms with E-state index >= 15 is 0 Å². The molecule has 0 aliphatic carbocycles. The summed E-state index contributed by atoms with van der Waals surface area (Å²) in [7, 11) is 0. The van der Waals surface area contributed by atoms with Crippen molar-refractivity contribution in [2.24, 2.45) is 0 Å². The van der Waals surface area contributed by atoms with E-state index in [4.69, 9.17) is 0 Å². The molecule has 0 spiro atoms. The molecule has 6 nitrogen and oxygen atoms in total. The maximum Gasteiger partial charge on any atom is 0.267 e. The first kappa shape index (κ1) is 17.5. The van der Waals surface area contributed by atoms with E-state index in [1.165, 1.54) is 12.1 Å². The Morgan fingerprint density at radius 1 is 1.15 bits per heavy atom. The molecule has 0 fully saturated rings. The molecule has 3 rings (SSSR count). The molecule has 2 aromatic heterocycles. The third-order valence-electron chi connectivity index (χ3n) is 3.99. The number of carbonyl (C=O) groups is 1. The number of aromatic nitrogens is 3. The number of hydrogen-bond donors (Lipinski definition) is 1. The standard InChI is InChI=1S/C19H17FN4O2/c1-12-3-4-15(11-16(12)20)22-19(26)13(2)24-18(25)6-5-17(23-24)14-7-9-21-10-8-14/h3-11,13H,1-2H3,(H,22,26). The maximum atomic E-state index is 13.6. The number of anilines is 1. The second kappa shape index (κ2) is 7.26. The minimum atomic E-state index is -0.867. The highest BCUT2D eigenvalue weighted by atomic mass is 19.1. The minimum absolute atomic E-state index is 0.322. The van der Waals surface area contributed by atoms with Crippen molar-refractivity contribution in [1.82, 2.24) is 14.8 Å². The summed E-state index contributed by atoms with van der Waals surface area (Å²) >= 11 is 0. The van der Waals surface area contributed by atoms with Gasteiger partial charge in [-0.05, 0) is 49.7 Å². The van der Waals surface area contributed by atoms with Crippen molar-refractivity contribution in [3.05, 3.63) is 76.6 Å². The molecule has 1 N–H and O–H groups in total. The third kappa shape index (κ3) is 3.66. The van der Waals surface area contributed by atoms with Crippen LogP contribution in [0.25, 0.3) is 11.3 Å². The summed E-state index contributed by atoms with van der Waals surface area (Å²) in [5.41, 5.74) is 1.73. The monoisotopic (exact) mass is 352 g/mol. The van der Waals surface area contributed by atoms with Gasteiger partial charge in [0.1, 0.15) is 11.9 Å². The van der Waals surface area contributed by atoms with Crippen LogP contribution in [0.3, 0.4) is 0 Å². The van der Waals surface area contributed by atoms with E-state index < -0.39 is 23.3 Å². The fourth-order valence-corrected chi connectivity index (χ4v) is 2.41. The molecular formula is C19H17FN4O2. The van der Waals surface area contributed by atoms with E-state index in [1.54, 1.807) is 56.6 Å². The Hall–Kier alpha value is -3.35. The minimum Gasteiger partial charge on any atom is -0.324 e. The average Bonchev–Trinajstić information content (AvgIpc) is 2.65. The van der Waals surface area contributed by atoms with Crippen LogP contribution in [0.5, 0.6) is 0 Å². The first-order chi connectivity index (χ1) is 12.5. The Bertz CT molecular complexity index is 1000. The normalized spacial score (nSPS) is 11.8. The first-order valence-electron chi connectivity index (χ1n) is 8.03. The van der Waals surface area contributed by atoms with Crippen LogP contribution in [0, 0.1) is 12.7 Å². The van der Waals surface area contributed by atoms with Crippen LogP contribution in [0.2, 0.25) is 0 Å². The zero-order valence-corrected chi connectivity index (χ0v) is 14.3. The molecule has 1 atom stereocenters. The summed E-state index contributed by atoms with van der Waals surface area (Å²) in [6, 6.07) is 10.0. The fraction of sp³-hybridized carbons (Fsp3) is 0.158. The number of benzene rings is 1. The molecule has 132 valence electrons. The number of hydrogen-bond acceptors (Lipinski definition) is 4. The lowest BCUT2D eigenvalue weighted by molar-refractivity contribution is -0.119. The average molecular weight is 352 g/mol. The van der Waals surface area contributed by atoms with Gasteiger partial charge in [0.2, 0.25) is 5.91 Å². The van der Waals surface area contributed by atoms with Crippen LogP contribution in [0.1, 0.15) is 18.5 Å². The summed E-state index contributed by atoms with van der Waals surface area (Å²) in [6.07, 6.45) is 3.24. The van der Waals surface area contributed by atoms with Crippen LogP contribution in [0.15, 0.2) is 59.7 Å². The Balaban J connectivity index is 1.86. The van der Waals surface area contributed by atoms with Gasteiger partial charge in [-0.1, -0.05) is 6.07 Å². The van der Waals surface area contributed by atoms with E-state index in [-0.39, 0.29) is 0 Å². The quantitative estimate of drug-likeness (QED) is 0.783. The van der Waals surface area contributed by atoms with Gasteiger partial charge in [-0.3, -0.25) is 14.6 Å². The fourth-order valence-electron chi connectivity index (χ4n) is 2.41. The highest BCUT2D eigenvalue weighted by Crippen LogP contribution is 2.17. The predicted octanol–water partition coefficient (Wildman–Crippen LogP) is 2.95. The predicted molar refractivity (Wildman–Crippen MR) is 96.2 cm³/mol. The third-order valence-corrected chi connectivity index (χ3v) is 3.99. The SMILES string of the molecule is Cc1ccc(NC(=O)C(C)n2nc(-c3ccncc3)ccc2=O)cc1F. The molecule has 0 aliphatic heterocycles. The number of pyridine rings is 1. The van der Waals surface area contributed by atoms with Crippen molar-refractivity contribution in [3.8, 4) is 11.3 Å². The molecule has 0 aliphatic rings. The summed E-state index contributed by atoms with van der Waals surface area (Å²) in [5, 5.41) is 6.88. The molecule has 0 saturated carbocycles. The van der Waals surface area contributed by atoms with E-state index in [0.29, 0.717) is 16.9 Å². The molecule has 26 heavy (non-hydrogen) atoms. The van der Waals surface area contributed by atoms with Crippen LogP contribution >= 0.6 is 0 Å². The lowest BCUT2D eigenvalue weighted by Crippen LogP contribution is -2.33. The van der Waals surface area contributed by atoms with E-state index in [0.717, 1.165) is 10.2 Å². The Morgan fingerprint density at radius 2 is 1.88 bits per heavy atom. The first-order valence-corrected chi connectivity index (χ1v) is 8.03. The van der Waals surface area contributed by atoms with Crippen LogP contribution in [-0.2, 0) is 4.79 Å². The maximum absolute atomic E-state index is 13.6. The van der Waals surface area contributed by atoms with Gasteiger partial charge < -0.3 is 5.32 Å². The number of halogens is 1. The van der Waals surface area contributed by atoms with Crippen LogP contribution in [-0.4, -0.2) is 20.7 Å². The molecule has 2 heterocycles. The number of amides is 1.